The van der Waals surface area contributed by atoms with Gasteiger partial charge in [-0.25, -0.2) is 14.5 Å². The highest BCUT2D eigenvalue weighted by molar-refractivity contribution is 6.30. The van der Waals surface area contributed by atoms with Crippen molar-refractivity contribution in [1.82, 2.24) is 4.90 Å². The number of pyridine rings is 1. The van der Waals surface area contributed by atoms with Crippen molar-refractivity contribution in [1.29, 1.82) is 5.26 Å². The van der Waals surface area contributed by atoms with Crippen LogP contribution in [0.1, 0.15) is 65.7 Å². The van der Waals surface area contributed by atoms with Crippen LogP contribution in [-0.2, 0) is 20.9 Å². The average molecular weight is 658 g/mol. The molecule has 2 aromatic rings. The van der Waals surface area contributed by atoms with Crippen molar-refractivity contribution in [2.45, 2.75) is 78.0 Å². The summed E-state index contributed by atoms with van der Waals surface area (Å²) in [6.07, 6.45) is 10.4. The smallest absolute Gasteiger partial charge is 0.494 e. The molecule has 0 saturated carbocycles. The van der Waals surface area contributed by atoms with Gasteiger partial charge >= 0.3 is 12.2 Å². The van der Waals surface area contributed by atoms with Crippen molar-refractivity contribution in [2.24, 2.45) is 16.6 Å². The number of unbranched alkanes of at least 4 members (excludes halogenated alkanes) is 3. The largest absolute Gasteiger partial charge is 0.513 e. The number of guanidine groups is 1. The lowest BCUT2D eigenvalue weighted by Gasteiger charge is -2.33. The standard InChI is InChI=1S/C33H46ClN6O6/c1-33(2,3)46-31(41)39-20-12-26(13-21-39)16-23-44-32(42)45-25-38-18-14-28(15-19-38)40(24-35)30(36)37-17-6-4-5-7-22-43-29-10-8-27(34)9-11-29/h8-11,14-15,18-19,26H,4-7,12-13,16-17,20-23,25H2,1-3H3,(H2,36,37)/q+1. The summed E-state index contributed by atoms with van der Waals surface area (Å²) < 4.78 is 23.2. The minimum Gasteiger partial charge on any atom is -0.494 e. The first kappa shape index (κ1) is 36.2. The lowest BCUT2D eigenvalue weighted by atomic mass is 9.94. The van der Waals surface area contributed by atoms with Gasteiger partial charge in [-0.1, -0.05) is 18.0 Å². The van der Waals surface area contributed by atoms with E-state index in [-0.39, 0.29) is 25.4 Å². The van der Waals surface area contributed by atoms with Crippen LogP contribution in [0.2, 0.25) is 5.02 Å². The number of ether oxygens (including phenoxy) is 4. The zero-order chi connectivity index (χ0) is 33.4. The molecule has 1 saturated heterocycles. The molecule has 1 aromatic heterocycles. The van der Waals surface area contributed by atoms with Crippen LogP contribution in [0.4, 0.5) is 15.3 Å². The summed E-state index contributed by atoms with van der Waals surface area (Å²) in [4.78, 5) is 31.6. The van der Waals surface area contributed by atoms with Crippen LogP contribution in [0.5, 0.6) is 5.75 Å². The summed E-state index contributed by atoms with van der Waals surface area (Å²) in [7, 11) is 0. The molecule has 1 fully saturated rings. The molecule has 12 nitrogen and oxygen atoms in total. The van der Waals surface area contributed by atoms with E-state index in [0.29, 0.717) is 49.3 Å². The van der Waals surface area contributed by atoms with Gasteiger partial charge in [-0.3, -0.25) is 4.99 Å². The molecular weight excluding hydrogens is 612 g/mol. The van der Waals surface area contributed by atoms with Crippen molar-refractivity contribution < 1.29 is 33.1 Å². The second-order valence-corrected chi connectivity index (χ2v) is 12.5. The Morgan fingerprint density at radius 2 is 1.72 bits per heavy atom. The molecule has 13 heteroatoms. The third kappa shape index (κ3) is 13.4. The maximum atomic E-state index is 12.2. The molecule has 0 atom stereocenters. The van der Waals surface area contributed by atoms with Gasteiger partial charge in [-0.05, 0) is 89.5 Å². The van der Waals surface area contributed by atoms with Crippen LogP contribution in [-0.4, -0.2) is 61.6 Å². The highest BCUT2D eigenvalue weighted by Gasteiger charge is 2.27. The van der Waals surface area contributed by atoms with Crippen LogP contribution < -0.4 is 19.9 Å². The number of piperidine rings is 1. The number of hydrogen-bond acceptors (Lipinski definition) is 8. The molecule has 0 radical (unpaired) electrons. The Morgan fingerprint density at radius 3 is 2.37 bits per heavy atom. The molecule has 2 heterocycles. The number of carbonyl (C=O) groups excluding carboxylic acids is 2. The molecule has 1 amide bonds. The number of rotatable bonds is 14. The zero-order valence-electron chi connectivity index (χ0n) is 27.0. The van der Waals surface area contributed by atoms with E-state index in [9.17, 15) is 14.9 Å². The van der Waals surface area contributed by atoms with Crippen LogP contribution >= 0.6 is 11.6 Å². The Kier molecular flexibility index (Phi) is 14.7. The number of aliphatic imine (C=N–C) groups is 1. The molecular formula is C33H46ClN6O6+. The second-order valence-electron chi connectivity index (χ2n) is 12.0. The van der Waals surface area contributed by atoms with E-state index in [4.69, 9.17) is 36.3 Å². The normalized spacial score (nSPS) is 13.9. The van der Waals surface area contributed by atoms with Crippen molar-refractivity contribution in [3.63, 3.8) is 0 Å². The van der Waals surface area contributed by atoms with Crippen LogP contribution in [0.3, 0.4) is 0 Å². The molecule has 0 unspecified atom stereocenters. The molecule has 1 aromatic carbocycles. The third-order valence-electron chi connectivity index (χ3n) is 7.21. The number of nitrogens with zero attached hydrogens (tertiary/aromatic N) is 5. The number of anilines is 1. The maximum absolute atomic E-state index is 12.2. The van der Waals surface area contributed by atoms with E-state index >= 15 is 0 Å². The Bertz CT molecular complexity index is 1300. The van der Waals surface area contributed by atoms with Gasteiger partial charge in [0.05, 0.1) is 18.9 Å². The van der Waals surface area contributed by atoms with Crippen molar-refractivity contribution in [2.75, 3.05) is 37.7 Å². The first-order valence-corrected chi connectivity index (χ1v) is 16.1. The lowest BCUT2D eigenvalue weighted by molar-refractivity contribution is -0.727. The molecule has 0 bridgehead atoms. The molecule has 1 aliphatic heterocycles. The molecule has 0 spiro atoms. The van der Waals surface area contributed by atoms with E-state index in [1.54, 1.807) is 46.1 Å². The monoisotopic (exact) mass is 657 g/mol. The van der Waals surface area contributed by atoms with Gasteiger partial charge < -0.3 is 29.6 Å². The summed E-state index contributed by atoms with van der Waals surface area (Å²) in [5, 5.41) is 10.3. The average Bonchev–Trinajstić information content (AvgIpc) is 3.02. The van der Waals surface area contributed by atoms with E-state index in [1.165, 1.54) is 4.90 Å². The van der Waals surface area contributed by atoms with E-state index in [0.717, 1.165) is 44.3 Å². The fraction of sp³-hybridized carbons (Fsp3) is 0.545. The van der Waals surface area contributed by atoms with Crippen LogP contribution in [0, 0.1) is 17.4 Å². The van der Waals surface area contributed by atoms with Gasteiger partial charge in [-0.2, -0.15) is 9.83 Å². The summed E-state index contributed by atoms with van der Waals surface area (Å²) in [6.45, 7) is 8.15. The molecule has 1 aliphatic rings. The van der Waals surface area contributed by atoms with Gasteiger partial charge in [0.2, 0.25) is 5.96 Å². The zero-order valence-corrected chi connectivity index (χ0v) is 27.8. The molecule has 3 rings (SSSR count). The molecule has 0 aliphatic carbocycles. The quantitative estimate of drug-likeness (QED) is 0.0491. The highest BCUT2D eigenvalue weighted by Crippen LogP contribution is 2.22. The minimum atomic E-state index is -0.758. The summed E-state index contributed by atoms with van der Waals surface area (Å²) in [6, 6.07) is 10.7. The Morgan fingerprint density at radius 1 is 1.04 bits per heavy atom. The number of aromatic nitrogens is 1. The SMILES string of the molecule is CC(C)(C)OC(=O)N1CCC(CCOC(=O)OC[n+]2ccc(N(C#N)C(N)=NCCCCCCOc3ccc(Cl)cc3)cc2)CC1. The second kappa shape index (κ2) is 18.7. The number of carbonyl (C=O) groups is 2. The van der Waals surface area contributed by atoms with E-state index in [2.05, 4.69) is 11.2 Å². The number of nitriles is 1. The number of nitrogens with two attached hydrogens (primary N) is 1. The van der Waals surface area contributed by atoms with Gasteiger partial charge in [0.1, 0.15) is 11.4 Å². The topological polar surface area (TPSA) is 144 Å². The van der Waals surface area contributed by atoms with E-state index < -0.39 is 11.8 Å². The lowest BCUT2D eigenvalue weighted by Crippen LogP contribution is -2.41. The minimum absolute atomic E-state index is 0.0474. The number of benzene rings is 1. The maximum Gasteiger partial charge on any atom is 0.513 e. The molecule has 46 heavy (non-hydrogen) atoms. The number of halogens is 1. The Labute approximate surface area is 276 Å². The Balaban J connectivity index is 1.28. The molecule has 250 valence electrons. The van der Waals surface area contributed by atoms with Gasteiger partial charge in [0.25, 0.3) is 6.73 Å². The fourth-order valence-corrected chi connectivity index (χ4v) is 4.81. The van der Waals surface area contributed by atoms with Crippen molar-refractivity contribution >= 4 is 35.5 Å². The van der Waals surface area contributed by atoms with E-state index in [1.807, 2.05) is 32.9 Å². The van der Waals surface area contributed by atoms with Crippen LogP contribution in [0.15, 0.2) is 53.8 Å². The number of hydrogen-bond donors (Lipinski definition) is 1. The van der Waals surface area contributed by atoms with Gasteiger partial charge in [-0.15, -0.1) is 0 Å². The predicted octanol–water partition coefficient (Wildman–Crippen LogP) is 6.02. The highest BCUT2D eigenvalue weighted by atomic mass is 35.5. The van der Waals surface area contributed by atoms with Gasteiger partial charge in [0.15, 0.2) is 18.6 Å². The first-order valence-electron chi connectivity index (χ1n) is 15.7. The molecule has 2 N–H and O–H groups in total. The van der Waals surface area contributed by atoms with Crippen LogP contribution in [0.25, 0.3) is 0 Å². The predicted molar refractivity (Wildman–Crippen MR) is 174 cm³/mol. The summed E-state index contributed by atoms with van der Waals surface area (Å²) in [5.74, 6) is 1.28. The number of likely N-dealkylation sites (tertiary alicyclic amines) is 1. The Hall–Kier alpha value is -4.24. The van der Waals surface area contributed by atoms with Crippen molar-refractivity contribution in [3.05, 3.63) is 53.8 Å². The van der Waals surface area contributed by atoms with Gasteiger partial charge in [0, 0.05) is 36.8 Å². The van der Waals surface area contributed by atoms with Crippen molar-refractivity contribution in [3.8, 4) is 11.9 Å². The fourth-order valence-electron chi connectivity index (χ4n) is 4.69. The number of amides is 1. The summed E-state index contributed by atoms with van der Waals surface area (Å²) >= 11 is 5.88. The first-order chi connectivity index (χ1) is 22.0. The third-order valence-corrected chi connectivity index (χ3v) is 7.47. The summed E-state index contributed by atoms with van der Waals surface area (Å²) in [5.41, 5.74) is 6.11.